The van der Waals surface area contributed by atoms with Gasteiger partial charge in [-0.2, -0.15) is 0 Å². The molecule has 0 saturated carbocycles. The molecule has 0 aromatic carbocycles. The third-order valence-electron chi connectivity index (χ3n) is 1.17. The van der Waals surface area contributed by atoms with Crippen molar-refractivity contribution in [1.82, 2.24) is 0 Å². The van der Waals surface area contributed by atoms with Gasteiger partial charge in [-0.15, -0.1) is 11.8 Å². The zero-order valence-corrected chi connectivity index (χ0v) is 9.61. The van der Waals surface area contributed by atoms with E-state index in [0.717, 1.165) is 22.1 Å². The van der Waals surface area contributed by atoms with Gasteiger partial charge in [0.2, 0.25) is 0 Å². The first-order valence-electron chi connectivity index (χ1n) is 3.18. The Morgan fingerprint density at radius 3 is 2.62 bits per heavy atom. The van der Waals surface area contributed by atoms with Gasteiger partial charge in [-0.1, -0.05) is 21.9 Å². The molecule has 7 heteroatoms. The quantitative estimate of drug-likeness (QED) is 0.599. The van der Waals surface area contributed by atoms with Crippen LogP contribution in [-0.4, -0.2) is 11.2 Å². The van der Waals surface area contributed by atoms with E-state index >= 15 is 0 Å². The Hall–Kier alpha value is -0.0400. The number of hydrogen-bond acceptors (Lipinski definition) is 6. The van der Waals surface area contributed by atoms with Crippen LogP contribution >= 0.6 is 44.0 Å². The minimum atomic E-state index is -1.16. The Balaban J connectivity index is 2.80. The van der Waals surface area contributed by atoms with Gasteiger partial charge >= 0.3 is 0 Å². The van der Waals surface area contributed by atoms with Crippen LogP contribution in [0.3, 0.4) is 0 Å². The van der Waals surface area contributed by atoms with Crippen LogP contribution < -0.4 is 9.85 Å². The van der Waals surface area contributed by atoms with Gasteiger partial charge in [0, 0.05) is 5.25 Å². The van der Waals surface area contributed by atoms with Gasteiger partial charge in [0.05, 0.1) is 10.2 Å². The van der Waals surface area contributed by atoms with Crippen molar-refractivity contribution in [1.29, 1.82) is 0 Å². The van der Waals surface area contributed by atoms with Crippen LogP contribution in [0.2, 0.25) is 5.02 Å². The normalized spacial score (nSPS) is 12.8. The fraction of sp³-hybridized carbons (Fsp3) is 0.333. The molecule has 3 nitrogen and oxygen atoms in total. The number of carboxylic acid groups (broad SMARTS) is 1. The molecule has 1 aromatic rings. The van der Waals surface area contributed by atoms with Crippen LogP contribution in [-0.2, 0) is 4.79 Å². The zero-order chi connectivity index (χ0) is 10.0. The van der Waals surface area contributed by atoms with Gasteiger partial charge in [-0.05, 0) is 17.3 Å². The minimum absolute atomic E-state index is 0.119. The second-order valence-corrected chi connectivity index (χ2v) is 6.23. The van der Waals surface area contributed by atoms with E-state index in [-0.39, 0.29) is 9.77 Å². The highest BCUT2D eigenvalue weighted by atomic mass is 35.5. The maximum atomic E-state index is 10.9. The summed E-state index contributed by atoms with van der Waals surface area (Å²) in [6.07, 6.45) is 0. The topological polar surface area (TPSA) is 57.2 Å². The van der Waals surface area contributed by atoms with E-state index in [0.29, 0.717) is 4.21 Å². The summed E-state index contributed by atoms with van der Waals surface area (Å²) in [5.41, 5.74) is 0. The van der Waals surface area contributed by atoms with E-state index in [9.17, 15) is 14.7 Å². The molecule has 0 N–H and O–H groups in total. The van der Waals surface area contributed by atoms with E-state index in [2.05, 4.69) is 0 Å². The van der Waals surface area contributed by atoms with Crippen molar-refractivity contribution in [3.63, 3.8) is 0 Å². The lowest BCUT2D eigenvalue weighted by Gasteiger charge is -2.09. The number of thioether (sulfide) groups is 1. The Kier molecular flexibility index (Phi) is 3.78. The Labute approximate surface area is 90.7 Å². The number of carbonyl (C=O) groups is 1. The molecule has 1 atom stereocenters. The second kappa shape index (κ2) is 4.45. The average Bonchev–Trinajstić information content (AvgIpc) is 2.36. The molecule has 0 fully saturated rings. The first kappa shape index (κ1) is 11.0. The molecular formula is C6H4ClO3S3-. The number of carboxylic acids is 1. The van der Waals surface area contributed by atoms with Crippen molar-refractivity contribution in [3.05, 3.63) is 14.6 Å². The molecule has 0 spiro atoms. The van der Waals surface area contributed by atoms with Crippen molar-refractivity contribution < 1.29 is 9.90 Å². The molecule has 0 aliphatic carbocycles. The van der Waals surface area contributed by atoms with Gasteiger partial charge in [0.1, 0.15) is 5.02 Å². The smallest absolute Gasteiger partial charge is 0.262 e. The summed E-state index contributed by atoms with van der Waals surface area (Å²) >= 11 is 6.67. The predicted octanol–water partition coefficient (Wildman–Crippen LogP) is 1.05. The van der Waals surface area contributed by atoms with E-state index in [1.54, 1.807) is 0 Å². The first-order chi connectivity index (χ1) is 6.02. The SMILES string of the molecule is C[C@H](Sc1ssc(=O)c1Cl)C(=O)[O-]. The summed E-state index contributed by atoms with van der Waals surface area (Å²) < 4.78 is 0.327. The molecule has 72 valence electrons. The standard InChI is InChI=1S/C6H5ClO3S3/c1-2(4(8)9)11-6-3(7)5(10)12-13-6/h2H,1H3,(H,8,9)/p-1/t2-/m0/s1. The van der Waals surface area contributed by atoms with Gasteiger partial charge in [0.15, 0.2) is 0 Å². The number of hydrogen-bond donors (Lipinski definition) is 0. The molecule has 1 aromatic heterocycles. The fourth-order valence-electron chi connectivity index (χ4n) is 0.512. The third-order valence-corrected chi connectivity index (χ3v) is 5.68. The lowest BCUT2D eigenvalue weighted by Crippen LogP contribution is -2.31. The number of carbonyl (C=O) groups excluding carboxylic acids is 1. The Bertz CT molecular complexity index is 369. The van der Waals surface area contributed by atoms with Crippen molar-refractivity contribution in [2.75, 3.05) is 0 Å². The largest absolute Gasteiger partial charge is 0.549 e. The number of halogens is 1. The predicted molar refractivity (Wildman–Crippen MR) is 53.8 cm³/mol. The highest BCUT2D eigenvalue weighted by Crippen LogP contribution is 2.34. The van der Waals surface area contributed by atoms with Crippen molar-refractivity contribution in [2.45, 2.75) is 16.4 Å². The van der Waals surface area contributed by atoms with Gasteiger partial charge < -0.3 is 9.90 Å². The molecule has 0 aliphatic rings. The lowest BCUT2D eigenvalue weighted by atomic mass is 10.5. The summed E-state index contributed by atoms with van der Waals surface area (Å²) in [7, 11) is 2.20. The van der Waals surface area contributed by atoms with Crippen molar-refractivity contribution >= 4 is 50.0 Å². The molecule has 0 aliphatic heterocycles. The monoisotopic (exact) mass is 255 g/mol. The fourth-order valence-corrected chi connectivity index (χ4v) is 4.59. The third kappa shape index (κ3) is 2.70. The average molecular weight is 256 g/mol. The van der Waals surface area contributed by atoms with Crippen LogP contribution in [0.1, 0.15) is 6.92 Å². The van der Waals surface area contributed by atoms with Gasteiger partial charge in [-0.3, -0.25) is 4.79 Å². The van der Waals surface area contributed by atoms with Crippen molar-refractivity contribution in [3.8, 4) is 0 Å². The van der Waals surface area contributed by atoms with Crippen LogP contribution in [0.4, 0.5) is 0 Å². The summed E-state index contributed by atoms with van der Waals surface area (Å²) in [4.78, 5) is 21.3. The molecule has 1 rings (SSSR count). The van der Waals surface area contributed by atoms with E-state index in [1.165, 1.54) is 17.3 Å². The maximum absolute atomic E-state index is 10.9. The Morgan fingerprint density at radius 1 is 1.62 bits per heavy atom. The van der Waals surface area contributed by atoms with Crippen molar-refractivity contribution in [2.24, 2.45) is 0 Å². The molecule has 0 amide bonds. The molecular weight excluding hydrogens is 252 g/mol. The first-order valence-corrected chi connectivity index (χ1v) is 6.59. The van der Waals surface area contributed by atoms with E-state index < -0.39 is 11.2 Å². The molecule has 0 radical (unpaired) electrons. The summed E-state index contributed by atoms with van der Waals surface area (Å²) in [6.45, 7) is 1.49. The highest BCUT2D eigenvalue weighted by molar-refractivity contribution is 8.04. The van der Waals surface area contributed by atoms with Gasteiger partial charge in [0.25, 0.3) is 4.74 Å². The molecule has 1 heterocycles. The summed E-state index contributed by atoms with van der Waals surface area (Å²) in [5, 5.41) is 9.80. The zero-order valence-electron chi connectivity index (χ0n) is 6.40. The molecule has 0 saturated heterocycles. The van der Waals surface area contributed by atoms with E-state index in [4.69, 9.17) is 11.6 Å². The number of rotatable bonds is 3. The minimum Gasteiger partial charge on any atom is -0.549 e. The summed E-state index contributed by atoms with van der Waals surface area (Å²) in [6, 6.07) is 0. The maximum Gasteiger partial charge on any atom is 0.262 e. The van der Waals surface area contributed by atoms with Crippen LogP contribution in [0.5, 0.6) is 0 Å². The van der Waals surface area contributed by atoms with Crippen LogP contribution in [0, 0.1) is 0 Å². The highest BCUT2D eigenvalue weighted by Gasteiger charge is 2.13. The summed E-state index contributed by atoms with van der Waals surface area (Å²) in [5.74, 6) is -1.16. The van der Waals surface area contributed by atoms with Crippen LogP contribution in [0.25, 0.3) is 0 Å². The second-order valence-electron chi connectivity index (χ2n) is 2.13. The van der Waals surface area contributed by atoms with Crippen LogP contribution in [0.15, 0.2) is 9.00 Å². The molecule has 13 heavy (non-hydrogen) atoms. The molecule has 0 unspecified atom stereocenters. The van der Waals surface area contributed by atoms with Gasteiger partial charge in [-0.25, -0.2) is 0 Å². The lowest BCUT2D eigenvalue weighted by molar-refractivity contribution is -0.304. The van der Waals surface area contributed by atoms with E-state index in [1.807, 2.05) is 0 Å². The number of aliphatic carboxylic acids is 1. The Morgan fingerprint density at radius 2 is 2.23 bits per heavy atom. The molecule has 0 bridgehead atoms.